The Morgan fingerprint density at radius 1 is 1.38 bits per heavy atom. The van der Waals surface area contributed by atoms with Gasteiger partial charge in [0, 0.05) is 6.04 Å². The molecule has 0 saturated heterocycles. The summed E-state index contributed by atoms with van der Waals surface area (Å²) in [5.74, 6) is 0.183. The first-order valence-electron chi connectivity index (χ1n) is 4.14. The van der Waals surface area contributed by atoms with E-state index in [1.807, 2.05) is 12.1 Å². The van der Waals surface area contributed by atoms with Crippen LogP contribution in [0.4, 0.5) is 0 Å². The monoisotopic (exact) mass is 197 g/mol. The number of hydrogen-bond acceptors (Lipinski definition) is 3. The van der Waals surface area contributed by atoms with Crippen molar-refractivity contribution in [2.75, 3.05) is 12.8 Å². The van der Waals surface area contributed by atoms with Crippen LogP contribution in [0, 0.1) is 0 Å². The molecule has 1 N–H and O–H groups in total. The largest absolute Gasteiger partial charge is 0.312 e. The molecule has 0 aliphatic carbocycles. The molecule has 1 aromatic rings. The molecule has 0 spiro atoms. The summed E-state index contributed by atoms with van der Waals surface area (Å²) in [7, 11) is -1.25. The van der Waals surface area contributed by atoms with Gasteiger partial charge < -0.3 is 5.32 Å². The van der Waals surface area contributed by atoms with E-state index in [-0.39, 0.29) is 11.8 Å². The predicted octanol–water partition coefficient (Wildman–Crippen LogP) is 0.734. The van der Waals surface area contributed by atoms with Gasteiger partial charge in [0.25, 0.3) is 0 Å². The molecule has 1 aliphatic rings. The number of fused-ring (bicyclic) bond motifs is 1. The Morgan fingerprint density at radius 2 is 2.08 bits per heavy atom. The molecule has 1 aliphatic heterocycles. The maximum Gasteiger partial charge on any atom is 0.180 e. The average Bonchev–Trinajstić information content (AvgIpc) is 2.39. The number of sulfone groups is 1. The molecule has 0 aromatic heterocycles. The zero-order valence-corrected chi connectivity index (χ0v) is 8.14. The van der Waals surface area contributed by atoms with Gasteiger partial charge in [-0.2, -0.15) is 0 Å². The molecule has 13 heavy (non-hydrogen) atoms. The molecule has 0 saturated carbocycles. The molecule has 1 atom stereocenters. The van der Waals surface area contributed by atoms with Crippen molar-refractivity contribution >= 4 is 9.84 Å². The van der Waals surface area contributed by atoms with Crippen LogP contribution in [0.3, 0.4) is 0 Å². The molecule has 0 bridgehead atoms. The topological polar surface area (TPSA) is 46.2 Å². The van der Waals surface area contributed by atoms with Crippen LogP contribution in [0.15, 0.2) is 29.2 Å². The molecule has 0 unspecified atom stereocenters. The molecular weight excluding hydrogens is 186 g/mol. The molecule has 1 aromatic carbocycles. The quantitative estimate of drug-likeness (QED) is 0.722. The first kappa shape index (κ1) is 8.72. The van der Waals surface area contributed by atoms with Gasteiger partial charge in [-0.05, 0) is 18.7 Å². The highest BCUT2D eigenvalue weighted by atomic mass is 32.2. The van der Waals surface area contributed by atoms with Crippen LogP contribution in [0.2, 0.25) is 0 Å². The molecular formula is C9H11NO2S. The lowest BCUT2D eigenvalue weighted by Crippen LogP contribution is -2.17. The minimum absolute atomic E-state index is 0.0406. The van der Waals surface area contributed by atoms with Crippen molar-refractivity contribution in [3.05, 3.63) is 29.8 Å². The van der Waals surface area contributed by atoms with Crippen LogP contribution < -0.4 is 5.32 Å². The van der Waals surface area contributed by atoms with E-state index < -0.39 is 9.84 Å². The summed E-state index contributed by atoms with van der Waals surface area (Å²) in [5.41, 5.74) is 0.894. The molecule has 1 heterocycles. The molecule has 2 rings (SSSR count). The molecule has 3 nitrogen and oxygen atoms in total. The summed E-state index contributed by atoms with van der Waals surface area (Å²) in [4.78, 5) is 0.481. The highest BCUT2D eigenvalue weighted by molar-refractivity contribution is 7.91. The number of hydrogen-bond donors (Lipinski definition) is 1. The SMILES string of the molecule is CN[C@@H]1CS(=O)(=O)c2ccccc21. The third kappa shape index (κ3) is 1.26. The third-order valence-electron chi connectivity index (χ3n) is 2.36. The molecule has 0 radical (unpaired) electrons. The van der Waals surface area contributed by atoms with Crippen molar-refractivity contribution in [2.45, 2.75) is 10.9 Å². The van der Waals surface area contributed by atoms with Crippen molar-refractivity contribution in [1.29, 1.82) is 0 Å². The Bertz CT molecular complexity index is 425. The van der Waals surface area contributed by atoms with Crippen LogP contribution in [0.25, 0.3) is 0 Å². The smallest absolute Gasteiger partial charge is 0.180 e. The second-order valence-corrected chi connectivity index (χ2v) is 5.16. The normalized spacial score (nSPS) is 24.2. The van der Waals surface area contributed by atoms with E-state index in [0.29, 0.717) is 4.90 Å². The lowest BCUT2D eigenvalue weighted by atomic mass is 10.1. The van der Waals surface area contributed by atoms with Crippen LogP contribution in [0.5, 0.6) is 0 Å². The van der Waals surface area contributed by atoms with Crippen LogP contribution in [-0.2, 0) is 9.84 Å². The van der Waals surface area contributed by atoms with Crippen molar-refractivity contribution < 1.29 is 8.42 Å². The van der Waals surface area contributed by atoms with Gasteiger partial charge >= 0.3 is 0 Å². The predicted molar refractivity (Wildman–Crippen MR) is 50.3 cm³/mol. The van der Waals surface area contributed by atoms with E-state index in [1.165, 1.54) is 0 Å². The van der Waals surface area contributed by atoms with Crippen molar-refractivity contribution in [3.8, 4) is 0 Å². The van der Waals surface area contributed by atoms with Crippen molar-refractivity contribution in [1.82, 2.24) is 5.32 Å². The van der Waals surface area contributed by atoms with Gasteiger partial charge in [0.2, 0.25) is 0 Å². The lowest BCUT2D eigenvalue weighted by Gasteiger charge is -2.06. The van der Waals surface area contributed by atoms with Crippen LogP contribution >= 0.6 is 0 Å². The Labute approximate surface area is 77.7 Å². The number of nitrogens with one attached hydrogen (secondary N) is 1. The zero-order chi connectivity index (χ0) is 9.47. The summed E-state index contributed by atoms with van der Waals surface area (Å²) in [6.45, 7) is 0. The van der Waals surface area contributed by atoms with Gasteiger partial charge in [-0.15, -0.1) is 0 Å². The van der Waals surface area contributed by atoms with Gasteiger partial charge in [-0.25, -0.2) is 8.42 Å². The first-order chi connectivity index (χ1) is 6.15. The Hall–Kier alpha value is -0.870. The van der Waals surface area contributed by atoms with Crippen molar-refractivity contribution in [2.24, 2.45) is 0 Å². The standard InChI is InChI=1S/C9H11NO2S/c1-10-8-6-13(11,12)9-5-3-2-4-7(8)9/h2-5,8,10H,6H2,1H3/t8-/m1/s1. The zero-order valence-electron chi connectivity index (χ0n) is 7.32. The lowest BCUT2D eigenvalue weighted by molar-refractivity contribution is 0.591. The fourth-order valence-electron chi connectivity index (χ4n) is 1.69. The number of rotatable bonds is 1. The summed E-state index contributed by atoms with van der Waals surface area (Å²) in [6, 6.07) is 7.11. The Balaban J connectivity index is 2.64. The highest BCUT2D eigenvalue weighted by Crippen LogP contribution is 2.32. The maximum atomic E-state index is 11.6. The molecule has 0 amide bonds. The highest BCUT2D eigenvalue weighted by Gasteiger charge is 2.32. The molecule has 4 heteroatoms. The summed E-state index contributed by atoms with van der Waals surface area (Å²) in [5, 5.41) is 3.00. The summed E-state index contributed by atoms with van der Waals surface area (Å²) >= 11 is 0. The third-order valence-corrected chi connectivity index (χ3v) is 4.18. The second-order valence-electron chi connectivity index (χ2n) is 3.16. The van der Waals surface area contributed by atoms with E-state index in [9.17, 15) is 8.42 Å². The first-order valence-corrected chi connectivity index (χ1v) is 5.79. The van der Waals surface area contributed by atoms with Gasteiger partial charge in [0.15, 0.2) is 9.84 Å². The van der Waals surface area contributed by atoms with Gasteiger partial charge in [0.1, 0.15) is 0 Å². The minimum Gasteiger partial charge on any atom is -0.312 e. The average molecular weight is 197 g/mol. The van der Waals surface area contributed by atoms with E-state index in [2.05, 4.69) is 5.32 Å². The molecule has 0 fully saturated rings. The minimum atomic E-state index is -3.03. The maximum absolute atomic E-state index is 11.6. The summed E-state index contributed by atoms with van der Waals surface area (Å²) < 4.78 is 23.2. The van der Waals surface area contributed by atoms with E-state index in [0.717, 1.165) is 5.56 Å². The van der Waals surface area contributed by atoms with Gasteiger partial charge in [-0.3, -0.25) is 0 Å². The Morgan fingerprint density at radius 3 is 2.77 bits per heavy atom. The number of benzene rings is 1. The fraction of sp³-hybridized carbons (Fsp3) is 0.333. The van der Waals surface area contributed by atoms with Crippen LogP contribution in [-0.4, -0.2) is 21.2 Å². The van der Waals surface area contributed by atoms with Gasteiger partial charge in [0.05, 0.1) is 10.6 Å². The molecule has 70 valence electrons. The van der Waals surface area contributed by atoms with E-state index in [1.54, 1.807) is 19.2 Å². The van der Waals surface area contributed by atoms with E-state index in [4.69, 9.17) is 0 Å². The summed E-state index contributed by atoms with van der Waals surface area (Å²) in [6.07, 6.45) is 0. The van der Waals surface area contributed by atoms with Crippen LogP contribution in [0.1, 0.15) is 11.6 Å². The van der Waals surface area contributed by atoms with E-state index >= 15 is 0 Å². The Kier molecular flexibility index (Phi) is 1.89. The van der Waals surface area contributed by atoms with Gasteiger partial charge in [-0.1, -0.05) is 18.2 Å². The fourth-order valence-corrected chi connectivity index (χ4v) is 3.51. The second kappa shape index (κ2) is 2.82. The van der Waals surface area contributed by atoms with Crippen molar-refractivity contribution in [3.63, 3.8) is 0 Å².